The number of hydrogen-bond donors (Lipinski definition) is 1. The van der Waals surface area contributed by atoms with Crippen LogP contribution in [0.25, 0.3) is 22.4 Å². The van der Waals surface area contributed by atoms with Gasteiger partial charge in [0.25, 0.3) is 11.6 Å². The smallest absolute Gasteiger partial charge is 0.259 e. The maximum absolute atomic E-state index is 13.0. The van der Waals surface area contributed by atoms with Crippen LogP contribution >= 0.6 is 0 Å². The first-order valence-electron chi connectivity index (χ1n) is 9.75. The van der Waals surface area contributed by atoms with E-state index in [0.29, 0.717) is 46.7 Å². The van der Waals surface area contributed by atoms with Gasteiger partial charge in [-0.25, -0.2) is 4.98 Å². The molecule has 6 heteroatoms. The molecule has 148 valence electrons. The highest BCUT2D eigenvalue weighted by molar-refractivity contribution is 6.06. The van der Waals surface area contributed by atoms with Crippen LogP contribution in [0.15, 0.2) is 40.9 Å². The van der Waals surface area contributed by atoms with Crippen molar-refractivity contribution in [1.82, 2.24) is 20.4 Å². The highest BCUT2D eigenvalue weighted by atomic mass is 16.5. The summed E-state index contributed by atoms with van der Waals surface area (Å²) >= 11 is 0. The van der Waals surface area contributed by atoms with Crippen LogP contribution in [0.4, 0.5) is 0 Å². The zero-order chi connectivity index (χ0) is 20.3. The number of hydrogen-bond acceptors (Lipinski definition) is 5. The summed E-state index contributed by atoms with van der Waals surface area (Å²) in [6.45, 7) is 11.9. The maximum atomic E-state index is 13.0. The summed E-state index contributed by atoms with van der Waals surface area (Å²) in [4.78, 5) is 19.9. The van der Waals surface area contributed by atoms with Crippen LogP contribution in [0.1, 0.15) is 43.7 Å². The summed E-state index contributed by atoms with van der Waals surface area (Å²) in [5, 5.41) is 7.72. The van der Waals surface area contributed by atoms with Crippen LogP contribution in [-0.4, -0.2) is 46.1 Å². The van der Waals surface area contributed by atoms with Crippen molar-refractivity contribution in [2.45, 2.75) is 46.7 Å². The van der Waals surface area contributed by atoms with Gasteiger partial charge in [-0.3, -0.25) is 9.69 Å². The van der Waals surface area contributed by atoms with Gasteiger partial charge in [-0.1, -0.05) is 35.5 Å². The van der Waals surface area contributed by atoms with Gasteiger partial charge in [-0.2, -0.15) is 0 Å². The normalized spacial score (nSPS) is 11.7. The number of aromatic nitrogens is 2. The molecule has 0 saturated heterocycles. The minimum atomic E-state index is -0.136. The van der Waals surface area contributed by atoms with Crippen molar-refractivity contribution in [3.05, 3.63) is 47.7 Å². The molecule has 2 heterocycles. The number of carbonyl (C=O) groups is 1. The van der Waals surface area contributed by atoms with E-state index in [1.165, 1.54) is 0 Å². The number of benzene rings is 1. The van der Waals surface area contributed by atoms with Gasteiger partial charge in [0, 0.05) is 30.7 Å². The fourth-order valence-electron chi connectivity index (χ4n) is 3.54. The molecule has 0 aliphatic heterocycles. The van der Waals surface area contributed by atoms with E-state index in [1.807, 2.05) is 43.3 Å². The average Bonchev–Trinajstić information content (AvgIpc) is 3.05. The summed E-state index contributed by atoms with van der Waals surface area (Å²) in [6.07, 6.45) is 0. The molecule has 28 heavy (non-hydrogen) atoms. The van der Waals surface area contributed by atoms with Gasteiger partial charge < -0.3 is 9.84 Å². The largest absolute Gasteiger partial charge is 0.351 e. The van der Waals surface area contributed by atoms with E-state index in [-0.39, 0.29) is 5.91 Å². The SMILES string of the molecule is Cc1noc2nc(-c3ccccc3)cc(C(=O)NCCN(C(C)C)C(C)C)c12. The summed E-state index contributed by atoms with van der Waals surface area (Å²) in [6, 6.07) is 12.4. The molecular formula is C22H28N4O2. The first kappa shape index (κ1) is 20.0. The molecule has 1 N–H and O–H groups in total. The van der Waals surface area contributed by atoms with Crippen LogP contribution in [0.2, 0.25) is 0 Å². The Morgan fingerprint density at radius 2 is 1.82 bits per heavy atom. The zero-order valence-corrected chi connectivity index (χ0v) is 17.2. The molecule has 0 aliphatic carbocycles. The Hall–Kier alpha value is -2.73. The highest BCUT2D eigenvalue weighted by Gasteiger charge is 2.20. The minimum Gasteiger partial charge on any atom is -0.351 e. The second-order valence-electron chi connectivity index (χ2n) is 7.55. The van der Waals surface area contributed by atoms with Gasteiger partial charge in [0.15, 0.2) is 0 Å². The lowest BCUT2D eigenvalue weighted by Gasteiger charge is -2.30. The first-order valence-corrected chi connectivity index (χ1v) is 9.75. The number of carbonyl (C=O) groups excluding carboxylic acids is 1. The maximum Gasteiger partial charge on any atom is 0.259 e. The number of nitrogens with zero attached hydrogens (tertiary/aromatic N) is 3. The lowest BCUT2D eigenvalue weighted by Crippen LogP contribution is -2.42. The number of fused-ring (bicyclic) bond motifs is 1. The fourth-order valence-corrected chi connectivity index (χ4v) is 3.54. The van der Waals surface area contributed by atoms with Crippen LogP contribution in [-0.2, 0) is 0 Å². The standard InChI is InChI=1S/C22H28N4O2/c1-14(2)26(15(3)4)12-11-23-21(27)18-13-19(17-9-7-6-8-10-17)24-22-20(18)16(5)25-28-22/h6-10,13-15H,11-12H2,1-5H3,(H,23,27). The second-order valence-corrected chi connectivity index (χ2v) is 7.55. The Morgan fingerprint density at radius 1 is 1.14 bits per heavy atom. The third-order valence-corrected chi connectivity index (χ3v) is 4.91. The van der Waals surface area contributed by atoms with E-state index in [0.717, 1.165) is 12.1 Å². The van der Waals surface area contributed by atoms with E-state index in [4.69, 9.17) is 4.52 Å². The summed E-state index contributed by atoms with van der Waals surface area (Å²) in [5.74, 6) is -0.136. The van der Waals surface area contributed by atoms with Gasteiger partial charge in [-0.15, -0.1) is 0 Å². The topological polar surface area (TPSA) is 71.3 Å². The number of rotatable bonds is 7. The third-order valence-electron chi connectivity index (χ3n) is 4.91. The molecule has 0 saturated carbocycles. The number of amides is 1. The molecule has 0 radical (unpaired) electrons. The van der Waals surface area contributed by atoms with E-state index in [2.05, 4.69) is 48.1 Å². The summed E-state index contributed by atoms with van der Waals surface area (Å²) in [5.41, 5.74) is 3.22. The monoisotopic (exact) mass is 380 g/mol. The van der Waals surface area contributed by atoms with Gasteiger partial charge in [0.1, 0.15) is 0 Å². The van der Waals surface area contributed by atoms with Gasteiger partial charge in [-0.05, 0) is 40.7 Å². The van der Waals surface area contributed by atoms with Crippen LogP contribution in [0.3, 0.4) is 0 Å². The molecule has 0 spiro atoms. The summed E-state index contributed by atoms with van der Waals surface area (Å²) < 4.78 is 5.36. The molecule has 1 amide bonds. The van der Waals surface area contributed by atoms with E-state index in [1.54, 1.807) is 0 Å². The van der Waals surface area contributed by atoms with E-state index in [9.17, 15) is 4.79 Å². The Morgan fingerprint density at radius 3 is 2.46 bits per heavy atom. The van der Waals surface area contributed by atoms with Crippen molar-refractivity contribution in [1.29, 1.82) is 0 Å². The van der Waals surface area contributed by atoms with Crippen molar-refractivity contribution in [3.63, 3.8) is 0 Å². The Bertz CT molecular complexity index is 940. The zero-order valence-electron chi connectivity index (χ0n) is 17.2. The molecule has 0 unspecified atom stereocenters. The van der Waals surface area contributed by atoms with Crippen LogP contribution in [0.5, 0.6) is 0 Å². The van der Waals surface area contributed by atoms with Gasteiger partial charge in [0.2, 0.25) is 0 Å². The highest BCUT2D eigenvalue weighted by Crippen LogP contribution is 2.26. The van der Waals surface area contributed by atoms with E-state index >= 15 is 0 Å². The van der Waals surface area contributed by atoms with Crippen molar-refractivity contribution in [2.24, 2.45) is 0 Å². The van der Waals surface area contributed by atoms with Crippen molar-refractivity contribution < 1.29 is 9.32 Å². The third kappa shape index (κ3) is 4.22. The molecule has 0 aliphatic rings. The number of aryl methyl sites for hydroxylation is 1. The second kappa shape index (κ2) is 8.52. The Kier molecular flexibility index (Phi) is 6.09. The van der Waals surface area contributed by atoms with Crippen LogP contribution in [0, 0.1) is 6.92 Å². The molecular weight excluding hydrogens is 352 g/mol. The summed E-state index contributed by atoms with van der Waals surface area (Å²) in [7, 11) is 0. The molecule has 0 fully saturated rings. The fraction of sp³-hybridized carbons (Fsp3) is 0.409. The molecule has 0 bridgehead atoms. The lowest BCUT2D eigenvalue weighted by atomic mass is 10.1. The van der Waals surface area contributed by atoms with Crippen LogP contribution < -0.4 is 5.32 Å². The van der Waals surface area contributed by atoms with Crippen molar-refractivity contribution in [3.8, 4) is 11.3 Å². The average molecular weight is 380 g/mol. The Labute approximate surface area is 165 Å². The molecule has 2 aromatic heterocycles. The molecule has 6 nitrogen and oxygen atoms in total. The predicted octanol–water partition coefficient (Wildman–Crippen LogP) is 4.05. The predicted molar refractivity (Wildman–Crippen MR) is 111 cm³/mol. The van der Waals surface area contributed by atoms with E-state index < -0.39 is 0 Å². The Balaban J connectivity index is 1.86. The van der Waals surface area contributed by atoms with Crippen molar-refractivity contribution in [2.75, 3.05) is 13.1 Å². The molecule has 0 atom stereocenters. The first-order chi connectivity index (χ1) is 13.4. The van der Waals surface area contributed by atoms with Gasteiger partial charge in [0.05, 0.1) is 22.3 Å². The quantitative estimate of drug-likeness (QED) is 0.670. The molecule has 3 rings (SSSR count). The molecule has 3 aromatic rings. The van der Waals surface area contributed by atoms with Gasteiger partial charge >= 0.3 is 0 Å². The number of nitrogens with one attached hydrogen (secondary N) is 1. The minimum absolute atomic E-state index is 0.136. The van der Waals surface area contributed by atoms with Crippen molar-refractivity contribution >= 4 is 17.0 Å². The molecule has 1 aromatic carbocycles. The lowest BCUT2D eigenvalue weighted by molar-refractivity contribution is 0.0941. The number of pyridine rings is 1.